The summed E-state index contributed by atoms with van der Waals surface area (Å²) in [5.41, 5.74) is 1.23. The van der Waals surface area contributed by atoms with Gasteiger partial charge in [0.15, 0.2) is 0 Å². The normalized spacial score (nSPS) is 21.2. The van der Waals surface area contributed by atoms with E-state index in [1.165, 1.54) is 6.42 Å². The second kappa shape index (κ2) is 8.93. The Kier molecular flexibility index (Phi) is 6.29. The molecule has 0 saturated carbocycles. The van der Waals surface area contributed by atoms with Gasteiger partial charge in [0.05, 0.1) is 10.0 Å². The number of likely N-dealkylation sites (N-methyl/N-ethyl adjacent to an activating group) is 1. The largest absolute Gasteiger partial charge is 0.377 e. The first-order chi connectivity index (χ1) is 14.4. The molecule has 8 nitrogen and oxygen atoms in total. The number of anilines is 2. The Morgan fingerprint density at radius 2 is 2.10 bits per heavy atom. The van der Waals surface area contributed by atoms with Gasteiger partial charge in [-0.3, -0.25) is 14.7 Å². The number of halogens is 2. The predicted octanol–water partition coefficient (Wildman–Crippen LogP) is 2.49. The van der Waals surface area contributed by atoms with E-state index in [-0.39, 0.29) is 5.56 Å². The number of aromatic amines is 1. The molecule has 0 aliphatic carbocycles. The fraction of sp³-hybridized carbons (Fsp3) is 0.450. The summed E-state index contributed by atoms with van der Waals surface area (Å²) in [6, 6.07) is 6.57. The first kappa shape index (κ1) is 21.1. The molecule has 2 saturated heterocycles. The van der Waals surface area contributed by atoms with Crippen LogP contribution in [0.5, 0.6) is 0 Å². The van der Waals surface area contributed by atoms with Crippen molar-refractivity contribution in [2.75, 3.05) is 43.9 Å². The van der Waals surface area contributed by atoms with E-state index in [0.29, 0.717) is 52.5 Å². The number of likely N-dealkylation sites (tertiary alicyclic amines) is 2. The lowest BCUT2D eigenvalue weighted by molar-refractivity contribution is 0.154. The van der Waals surface area contributed by atoms with E-state index in [2.05, 4.69) is 37.4 Å². The van der Waals surface area contributed by atoms with Gasteiger partial charge in [0.2, 0.25) is 5.95 Å². The van der Waals surface area contributed by atoms with Crippen molar-refractivity contribution in [2.45, 2.75) is 25.0 Å². The molecule has 1 aromatic carbocycles. The summed E-state index contributed by atoms with van der Waals surface area (Å²) in [6.45, 7) is 4.10. The molecular weight excluding hydrogens is 425 g/mol. The molecule has 2 atom stereocenters. The summed E-state index contributed by atoms with van der Waals surface area (Å²) in [4.78, 5) is 24.5. The number of benzene rings is 1. The van der Waals surface area contributed by atoms with E-state index < -0.39 is 0 Å². The van der Waals surface area contributed by atoms with E-state index in [1.54, 1.807) is 12.1 Å². The lowest BCUT2D eigenvalue weighted by Crippen LogP contribution is -2.46. The highest BCUT2D eigenvalue weighted by molar-refractivity contribution is 6.42. The third-order valence-corrected chi connectivity index (χ3v) is 6.60. The molecule has 160 valence electrons. The van der Waals surface area contributed by atoms with Crippen molar-refractivity contribution in [3.05, 3.63) is 49.9 Å². The fourth-order valence-corrected chi connectivity index (χ4v) is 4.55. The molecule has 1 aromatic heterocycles. The molecule has 10 heteroatoms. The number of nitrogens with one attached hydrogen (secondary N) is 4. The van der Waals surface area contributed by atoms with E-state index >= 15 is 0 Å². The molecule has 2 aliphatic heterocycles. The number of H-pyrrole nitrogens is 1. The van der Waals surface area contributed by atoms with Crippen LogP contribution in [0.1, 0.15) is 17.7 Å². The topological polar surface area (TPSA) is 100 Å². The first-order valence-corrected chi connectivity index (χ1v) is 10.7. The molecule has 0 amide bonds. The van der Waals surface area contributed by atoms with Gasteiger partial charge in [-0.15, -0.1) is 0 Å². The molecule has 0 spiro atoms. The minimum atomic E-state index is -0.303. The molecule has 2 aliphatic rings. The van der Waals surface area contributed by atoms with Crippen LogP contribution in [-0.4, -0.2) is 71.3 Å². The molecule has 2 fully saturated rings. The number of nitrogens with zero attached hydrogens (tertiary/aromatic N) is 3. The first-order valence-electron chi connectivity index (χ1n) is 9.95. The van der Waals surface area contributed by atoms with Gasteiger partial charge in [-0.25, -0.2) is 4.98 Å². The maximum Gasteiger partial charge on any atom is 0.276 e. The average molecular weight is 450 g/mol. The Hall–Kier alpha value is -2.13. The van der Waals surface area contributed by atoms with Crippen molar-refractivity contribution in [1.82, 2.24) is 19.8 Å². The SMILES string of the molecule is CN1CC2CC1CN2CCNc1c(C=N)nc(NCc2ccc(Cl)c(Cl)c2)[nH]c1=O. The third kappa shape index (κ3) is 4.46. The Balaban J connectivity index is 1.36. The van der Waals surface area contributed by atoms with Crippen LogP contribution in [0.25, 0.3) is 0 Å². The summed E-state index contributed by atoms with van der Waals surface area (Å²) in [7, 11) is 2.18. The summed E-state index contributed by atoms with van der Waals surface area (Å²) in [6.07, 6.45) is 2.32. The molecule has 4 N–H and O–H groups in total. The molecule has 0 radical (unpaired) electrons. The summed E-state index contributed by atoms with van der Waals surface area (Å²) in [5.74, 6) is 0.301. The maximum atomic E-state index is 12.6. The van der Waals surface area contributed by atoms with Crippen LogP contribution in [0.4, 0.5) is 11.6 Å². The van der Waals surface area contributed by atoms with Crippen LogP contribution >= 0.6 is 23.2 Å². The molecule has 30 heavy (non-hydrogen) atoms. The molecule has 2 bridgehead atoms. The predicted molar refractivity (Wildman–Crippen MR) is 121 cm³/mol. The number of hydrogen-bond donors (Lipinski definition) is 4. The fourth-order valence-electron chi connectivity index (χ4n) is 4.23. The summed E-state index contributed by atoms with van der Waals surface area (Å²) in [5, 5.41) is 14.9. The van der Waals surface area contributed by atoms with Gasteiger partial charge in [-0.05, 0) is 31.2 Å². The zero-order chi connectivity index (χ0) is 21.3. The van der Waals surface area contributed by atoms with Crippen molar-refractivity contribution in [3.8, 4) is 0 Å². The van der Waals surface area contributed by atoms with Crippen LogP contribution < -0.4 is 16.2 Å². The van der Waals surface area contributed by atoms with Crippen LogP contribution in [0.15, 0.2) is 23.0 Å². The number of piperazine rings is 1. The lowest BCUT2D eigenvalue weighted by Gasteiger charge is -2.31. The van der Waals surface area contributed by atoms with Gasteiger partial charge in [0, 0.05) is 51.0 Å². The molecular formula is C20H25Cl2N7O. The van der Waals surface area contributed by atoms with Crippen LogP contribution in [0, 0.1) is 5.41 Å². The van der Waals surface area contributed by atoms with Gasteiger partial charge in [-0.1, -0.05) is 29.3 Å². The number of aromatic nitrogens is 2. The van der Waals surface area contributed by atoms with Gasteiger partial charge < -0.3 is 20.9 Å². The molecule has 4 rings (SSSR count). The van der Waals surface area contributed by atoms with Gasteiger partial charge >= 0.3 is 0 Å². The monoisotopic (exact) mass is 449 g/mol. The summed E-state index contributed by atoms with van der Waals surface area (Å²) < 4.78 is 0. The quantitative estimate of drug-likeness (QED) is 0.462. The highest BCUT2D eigenvalue weighted by atomic mass is 35.5. The Morgan fingerprint density at radius 1 is 1.27 bits per heavy atom. The van der Waals surface area contributed by atoms with Crippen molar-refractivity contribution in [1.29, 1.82) is 5.41 Å². The zero-order valence-corrected chi connectivity index (χ0v) is 18.2. The highest BCUT2D eigenvalue weighted by Crippen LogP contribution is 2.28. The zero-order valence-electron chi connectivity index (χ0n) is 16.7. The standard InChI is InChI=1S/C20H25Cl2N7O/c1-28-10-14-7-13(28)11-29(14)5-4-24-18-17(8-23)26-20(27-19(18)30)25-9-12-2-3-15(21)16(22)6-12/h2-3,6,8,13-14,23-24H,4-5,7,9-11H2,1H3,(H2,25,26,27,30). The molecule has 2 unspecified atom stereocenters. The highest BCUT2D eigenvalue weighted by Gasteiger charge is 2.40. The Labute approximate surface area is 185 Å². The van der Waals surface area contributed by atoms with Gasteiger partial charge in [0.25, 0.3) is 5.56 Å². The summed E-state index contributed by atoms with van der Waals surface area (Å²) >= 11 is 12.0. The van der Waals surface area contributed by atoms with Crippen LogP contribution in [0.3, 0.4) is 0 Å². The second-order valence-electron chi connectivity index (χ2n) is 7.83. The van der Waals surface area contributed by atoms with E-state index in [0.717, 1.165) is 31.4 Å². The van der Waals surface area contributed by atoms with E-state index in [4.69, 9.17) is 28.6 Å². The number of fused-ring (bicyclic) bond motifs is 2. The third-order valence-electron chi connectivity index (χ3n) is 5.86. The molecule has 2 aromatic rings. The number of rotatable bonds is 8. The van der Waals surface area contributed by atoms with Gasteiger partial charge in [0.1, 0.15) is 11.4 Å². The van der Waals surface area contributed by atoms with Crippen LogP contribution in [-0.2, 0) is 6.54 Å². The van der Waals surface area contributed by atoms with Gasteiger partial charge in [-0.2, -0.15) is 0 Å². The Morgan fingerprint density at radius 3 is 2.77 bits per heavy atom. The van der Waals surface area contributed by atoms with Crippen molar-refractivity contribution < 1.29 is 0 Å². The van der Waals surface area contributed by atoms with Crippen molar-refractivity contribution in [3.63, 3.8) is 0 Å². The Bertz CT molecular complexity index is 994. The smallest absolute Gasteiger partial charge is 0.276 e. The minimum absolute atomic E-state index is 0.301. The van der Waals surface area contributed by atoms with E-state index in [1.807, 2.05) is 6.07 Å². The maximum absolute atomic E-state index is 12.6. The second-order valence-corrected chi connectivity index (χ2v) is 8.64. The van der Waals surface area contributed by atoms with E-state index in [9.17, 15) is 4.79 Å². The average Bonchev–Trinajstić information content (AvgIpc) is 3.29. The minimum Gasteiger partial charge on any atom is -0.377 e. The van der Waals surface area contributed by atoms with Crippen molar-refractivity contribution in [2.24, 2.45) is 0 Å². The number of hydrogen-bond acceptors (Lipinski definition) is 7. The van der Waals surface area contributed by atoms with Crippen LogP contribution in [0.2, 0.25) is 10.0 Å². The molecule has 3 heterocycles. The van der Waals surface area contributed by atoms with Crippen molar-refractivity contribution >= 4 is 41.1 Å². The lowest BCUT2D eigenvalue weighted by atomic mass is 10.2.